The van der Waals surface area contributed by atoms with Gasteiger partial charge < -0.3 is 0 Å². The van der Waals surface area contributed by atoms with E-state index in [1.807, 2.05) is 0 Å². The third-order valence-electron chi connectivity index (χ3n) is 2.78. The molecule has 0 saturated heterocycles. The van der Waals surface area contributed by atoms with Crippen molar-refractivity contribution in [2.24, 2.45) is 0 Å². The van der Waals surface area contributed by atoms with Gasteiger partial charge in [0, 0.05) is 11.8 Å². The normalized spacial score (nSPS) is 10.7. The fourth-order valence-electron chi connectivity index (χ4n) is 1.97. The van der Waals surface area contributed by atoms with E-state index in [1.54, 1.807) is 47.0 Å². The standard InChI is InChI=1S/C14H9FN2O/c15-12-5-2-1-4-11(12)13-6-3-7-14-16-10(9-18)8-17(13)14/h1-9H. The Morgan fingerprint density at radius 3 is 2.72 bits per heavy atom. The van der Waals surface area contributed by atoms with Gasteiger partial charge in [-0.3, -0.25) is 9.20 Å². The number of carbonyl (C=O) groups is 1. The molecule has 0 saturated carbocycles. The van der Waals surface area contributed by atoms with Gasteiger partial charge in [-0.05, 0) is 24.3 Å². The molecule has 0 bridgehead atoms. The molecule has 3 aromatic rings. The maximum Gasteiger partial charge on any atom is 0.170 e. The molecular weight excluding hydrogens is 231 g/mol. The first-order valence-electron chi connectivity index (χ1n) is 5.48. The zero-order valence-corrected chi connectivity index (χ0v) is 9.38. The fraction of sp³-hybridized carbons (Fsp3) is 0. The highest BCUT2D eigenvalue weighted by atomic mass is 19.1. The van der Waals surface area contributed by atoms with Gasteiger partial charge in [-0.1, -0.05) is 18.2 Å². The van der Waals surface area contributed by atoms with Gasteiger partial charge >= 0.3 is 0 Å². The lowest BCUT2D eigenvalue weighted by Gasteiger charge is -2.06. The van der Waals surface area contributed by atoms with Crippen LogP contribution in [0.5, 0.6) is 0 Å². The van der Waals surface area contributed by atoms with E-state index in [0.717, 1.165) is 0 Å². The van der Waals surface area contributed by atoms with E-state index in [-0.39, 0.29) is 5.82 Å². The Kier molecular flexibility index (Phi) is 2.41. The van der Waals surface area contributed by atoms with Crippen LogP contribution in [-0.4, -0.2) is 15.7 Å². The highest BCUT2D eigenvalue weighted by Crippen LogP contribution is 2.23. The fourth-order valence-corrected chi connectivity index (χ4v) is 1.97. The molecule has 18 heavy (non-hydrogen) atoms. The van der Waals surface area contributed by atoms with E-state index >= 15 is 0 Å². The molecule has 0 aliphatic rings. The van der Waals surface area contributed by atoms with Crippen LogP contribution in [0.25, 0.3) is 16.9 Å². The summed E-state index contributed by atoms with van der Waals surface area (Å²) in [6.07, 6.45) is 2.28. The van der Waals surface area contributed by atoms with E-state index in [1.165, 1.54) is 6.07 Å². The van der Waals surface area contributed by atoms with Gasteiger partial charge in [0.2, 0.25) is 0 Å². The summed E-state index contributed by atoms with van der Waals surface area (Å²) in [4.78, 5) is 14.9. The summed E-state index contributed by atoms with van der Waals surface area (Å²) in [5, 5.41) is 0. The van der Waals surface area contributed by atoms with E-state index in [0.29, 0.717) is 28.9 Å². The average Bonchev–Trinajstić information content (AvgIpc) is 2.82. The molecule has 0 aliphatic carbocycles. The molecule has 2 aromatic heterocycles. The number of fused-ring (bicyclic) bond motifs is 1. The molecule has 3 rings (SSSR count). The minimum Gasteiger partial charge on any atom is -0.299 e. The highest BCUT2D eigenvalue weighted by molar-refractivity contribution is 5.74. The van der Waals surface area contributed by atoms with Gasteiger partial charge in [0.1, 0.15) is 17.2 Å². The summed E-state index contributed by atoms with van der Waals surface area (Å²) < 4.78 is 15.5. The molecule has 1 aromatic carbocycles. The summed E-state index contributed by atoms with van der Waals surface area (Å²) in [7, 11) is 0. The number of carbonyl (C=O) groups excluding carboxylic acids is 1. The van der Waals surface area contributed by atoms with Gasteiger partial charge in [0.05, 0.1) is 5.69 Å². The summed E-state index contributed by atoms with van der Waals surface area (Å²) in [6, 6.07) is 11.9. The SMILES string of the molecule is O=Cc1cn2c(-c3ccccc3F)cccc2n1. The van der Waals surface area contributed by atoms with Crippen molar-refractivity contribution in [3.8, 4) is 11.3 Å². The Morgan fingerprint density at radius 2 is 1.94 bits per heavy atom. The maximum atomic E-state index is 13.8. The van der Waals surface area contributed by atoms with Crippen molar-refractivity contribution in [2.75, 3.05) is 0 Å². The van der Waals surface area contributed by atoms with Gasteiger partial charge in [0.25, 0.3) is 0 Å². The van der Waals surface area contributed by atoms with Crippen molar-refractivity contribution in [1.82, 2.24) is 9.38 Å². The van der Waals surface area contributed by atoms with Crippen LogP contribution in [0.15, 0.2) is 48.7 Å². The number of pyridine rings is 1. The number of imidazole rings is 1. The molecule has 0 amide bonds. The number of hydrogen-bond acceptors (Lipinski definition) is 2. The maximum absolute atomic E-state index is 13.8. The van der Waals surface area contributed by atoms with Crippen LogP contribution in [0, 0.1) is 5.82 Å². The van der Waals surface area contributed by atoms with Gasteiger partial charge in [0.15, 0.2) is 6.29 Å². The number of benzene rings is 1. The van der Waals surface area contributed by atoms with Crippen molar-refractivity contribution in [3.63, 3.8) is 0 Å². The van der Waals surface area contributed by atoms with Gasteiger partial charge in [-0.15, -0.1) is 0 Å². The van der Waals surface area contributed by atoms with Gasteiger partial charge in [-0.25, -0.2) is 9.37 Å². The molecule has 0 N–H and O–H groups in total. The second-order valence-electron chi connectivity index (χ2n) is 3.90. The molecule has 4 heteroatoms. The third-order valence-corrected chi connectivity index (χ3v) is 2.78. The van der Waals surface area contributed by atoms with Crippen LogP contribution in [0.2, 0.25) is 0 Å². The Labute approximate surface area is 103 Å². The van der Waals surface area contributed by atoms with Crippen LogP contribution in [-0.2, 0) is 0 Å². The van der Waals surface area contributed by atoms with Gasteiger partial charge in [-0.2, -0.15) is 0 Å². The molecule has 0 spiro atoms. The second kappa shape index (κ2) is 4.07. The molecule has 0 atom stereocenters. The molecule has 0 fully saturated rings. The minimum absolute atomic E-state index is 0.300. The number of aldehydes is 1. The zero-order valence-electron chi connectivity index (χ0n) is 9.38. The predicted octanol–water partition coefficient (Wildman–Crippen LogP) is 2.95. The van der Waals surface area contributed by atoms with Crippen LogP contribution < -0.4 is 0 Å². The van der Waals surface area contributed by atoms with Crippen molar-refractivity contribution in [1.29, 1.82) is 0 Å². The summed E-state index contributed by atoms with van der Waals surface area (Å²) in [5.74, 6) is -0.300. The molecule has 88 valence electrons. The molecular formula is C14H9FN2O. The highest BCUT2D eigenvalue weighted by Gasteiger charge is 2.09. The van der Waals surface area contributed by atoms with Crippen molar-refractivity contribution in [2.45, 2.75) is 0 Å². The Balaban J connectivity index is 2.32. The van der Waals surface area contributed by atoms with Crippen LogP contribution >= 0.6 is 0 Å². The first-order valence-corrected chi connectivity index (χ1v) is 5.48. The topological polar surface area (TPSA) is 34.4 Å². The molecule has 2 heterocycles. The van der Waals surface area contributed by atoms with E-state index < -0.39 is 0 Å². The zero-order chi connectivity index (χ0) is 12.5. The number of aromatic nitrogens is 2. The van der Waals surface area contributed by atoms with Crippen molar-refractivity contribution >= 4 is 11.9 Å². The number of hydrogen-bond donors (Lipinski definition) is 0. The predicted molar refractivity (Wildman–Crippen MR) is 66.0 cm³/mol. The summed E-state index contributed by atoms with van der Waals surface area (Å²) >= 11 is 0. The smallest absolute Gasteiger partial charge is 0.170 e. The molecule has 0 radical (unpaired) electrons. The van der Waals surface area contributed by atoms with Crippen molar-refractivity contribution in [3.05, 3.63) is 60.2 Å². The molecule has 0 aliphatic heterocycles. The minimum atomic E-state index is -0.300. The van der Waals surface area contributed by atoms with E-state index in [4.69, 9.17) is 0 Å². The van der Waals surface area contributed by atoms with E-state index in [9.17, 15) is 9.18 Å². The summed E-state index contributed by atoms with van der Waals surface area (Å²) in [6.45, 7) is 0. The Bertz CT molecular complexity index is 733. The average molecular weight is 240 g/mol. The third kappa shape index (κ3) is 1.59. The monoisotopic (exact) mass is 240 g/mol. The Hall–Kier alpha value is -2.49. The first-order chi connectivity index (χ1) is 8.79. The van der Waals surface area contributed by atoms with Crippen LogP contribution in [0.1, 0.15) is 10.5 Å². The molecule has 3 nitrogen and oxygen atoms in total. The van der Waals surface area contributed by atoms with E-state index in [2.05, 4.69) is 4.98 Å². The Morgan fingerprint density at radius 1 is 1.11 bits per heavy atom. The number of halogens is 1. The second-order valence-corrected chi connectivity index (χ2v) is 3.90. The van der Waals surface area contributed by atoms with Crippen molar-refractivity contribution < 1.29 is 9.18 Å². The number of rotatable bonds is 2. The quantitative estimate of drug-likeness (QED) is 0.645. The molecule has 0 unspecified atom stereocenters. The largest absolute Gasteiger partial charge is 0.299 e. The number of nitrogens with zero attached hydrogens (tertiary/aromatic N) is 2. The van der Waals surface area contributed by atoms with Crippen LogP contribution in [0.3, 0.4) is 0 Å². The first kappa shape index (κ1) is 10.7. The lowest BCUT2D eigenvalue weighted by atomic mass is 10.1. The van der Waals surface area contributed by atoms with Crippen LogP contribution in [0.4, 0.5) is 4.39 Å². The lowest BCUT2D eigenvalue weighted by molar-refractivity contribution is 0.111. The summed E-state index contributed by atoms with van der Waals surface area (Å²) in [5.41, 5.74) is 2.11. The lowest BCUT2D eigenvalue weighted by Crippen LogP contribution is -1.92.